The van der Waals surface area contributed by atoms with Gasteiger partial charge in [-0.25, -0.2) is 8.42 Å². The molecule has 2 atom stereocenters. The molecule has 0 amide bonds. The van der Waals surface area contributed by atoms with Gasteiger partial charge in [-0.3, -0.25) is 4.79 Å². The van der Waals surface area contributed by atoms with E-state index in [1.165, 1.54) is 0 Å². The first kappa shape index (κ1) is 23.7. The summed E-state index contributed by atoms with van der Waals surface area (Å²) in [7, 11) is -4.11. The number of hydrogen-bond acceptors (Lipinski definition) is 6. The summed E-state index contributed by atoms with van der Waals surface area (Å²) in [5.41, 5.74) is 0.863. The second-order valence-electron chi connectivity index (χ2n) is 8.92. The average Bonchev–Trinajstić information content (AvgIpc) is 2.82. The number of fused-ring (bicyclic) bond motifs is 1. The van der Waals surface area contributed by atoms with E-state index in [0.717, 1.165) is 24.3 Å². The monoisotopic (exact) mass is 472 g/mol. The van der Waals surface area contributed by atoms with E-state index in [2.05, 4.69) is 0 Å². The molecule has 33 heavy (non-hydrogen) atoms. The van der Waals surface area contributed by atoms with Crippen molar-refractivity contribution in [1.82, 2.24) is 5.06 Å². The summed E-state index contributed by atoms with van der Waals surface area (Å²) < 4.78 is 34.7. The molecule has 1 aliphatic heterocycles. The molecule has 2 aliphatic rings. The van der Waals surface area contributed by atoms with E-state index in [0.29, 0.717) is 29.7 Å². The molecule has 4 rings (SSSR count). The van der Waals surface area contributed by atoms with Gasteiger partial charge in [-0.15, -0.1) is 0 Å². The van der Waals surface area contributed by atoms with Gasteiger partial charge in [0.1, 0.15) is 10.6 Å². The number of carboxylic acid groups (broad SMARTS) is 1. The van der Waals surface area contributed by atoms with Crippen molar-refractivity contribution in [2.45, 2.75) is 67.7 Å². The number of aliphatic carboxylic acids is 1. The van der Waals surface area contributed by atoms with Gasteiger partial charge in [0.15, 0.2) is 0 Å². The van der Waals surface area contributed by atoms with E-state index in [9.17, 15) is 18.4 Å². The van der Waals surface area contributed by atoms with E-state index in [1.807, 2.05) is 0 Å². The number of benzene rings is 2. The van der Waals surface area contributed by atoms with E-state index >= 15 is 0 Å². The lowest BCUT2D eigenvalue weighted by atomic mass is 9.79. The number of carboxylic acids is 1. The van der Waals surface area contributed by atoms with E-state index in [1.54, 1.807) is 55.5 Å². The van der Waals surface area contributed by atoms with Crippen LogP contribution < -0.4 is 4.74 Å². The molecule has 0 saturated heterocycles. The van der Waals surface area contributed by atoms with Crippen LogP contribution in [0.25, 0.3) is 0 Å². The minimum atomic E-state index is -4.11. The maximum atomic E-state index is 14.4. The molecule has 1 heterocycles. The molecule has 2 unspecified atom stereocenters. The highest BCUT2D eigenvalue weighted by Crippen LogP contribution is 2.57. The zero-order valence-electron chi connectivity index (χ0n) is 18.8. The summed E-state index contributed by atoms with van der Waals surface area (Å²) in [5.74, 6) is -0.977. The van der Waals surface area contributed by atoms with Crippen molar-refractivity contribution in [2.24, 2.45) is 5.92 Å². The van der Waals surface area contributed by atoms with Crippen molar-refractivity contribution < 1.29 is 23.1 Å². The molecule has 7 nitrogen and oxygen atoms in total. The normalized spacial score (nSPS) is 25.3. The highest BCUT2D eigenvalue weighted by Gasteiger charge is 2.58. The van der Waals surface area contributed by atoms with Crippen molar-refractivity contribution in [3.8, 4) is 5.75 Å². The van der Waals surface area contributed by atoms with Gasteiger partial charge in [0.25, 0.3) is 0 Å². The van der Waals surface area contributed by atoms with Gasteiger partial charge in [0.05, 0.1) is 11.5 Å². The van der Waals surface area contributed by atoms with Crippen molar-refractivity contribution >= 4 is 15.8 Å². The Hall–Kier alpha value is -2.42. The van der Waals surface area contributed by atoms with Gasteiger partial charge in [0, 0.05) is 18.0 Å². The van der Waals surface area contributed by atoms with Crippen LogP contribution in [0.5, 0.6) is 5.75 Å². The maximum Gasteiger partial charge on any atom is 0.303 e. The van der Waals surface area contributed by atoms with Crippen molar-refractivity contribution in [3.63, 3.8) is 0 Å². The van der Waals surface area contributed by atoms with Gasteiger partial charge in [-0.1, -0.05) is 55.7 Å². The number of para-hydroxylation sites is 1. The fourth-order valence-corrected chi connectivity index (χ4v) is 8.11. The third kappa shape index (κ3) is 3.94. The molecule has 0 aromatic heterocycles. The molecule has 8 heteroatoms. The van der Waals surface area contributed by atoms with Crippen LogP contribution in [-0.4, -0.2) is 31.2 Å². The topological polar surface area (TPSA) is 107 Å². The molecule has 0 bridgehead atoms. The van der Waals surface area contributed by atoms with Crippen LogP contribution in [0.3, 0.4) is 0 Å². The molecule has 178 valence electrons. The van der Waals surface area contributed by atoms with Gasteiger partial charge in [-0.2, -0.15) is 0 Å². The van der Waals surface area contributed by atoms with Crippen LogP contribution in [0.4, 0.5) is 0 Å². The Labute approximate surface area is 194 Å². The molecule has 1 fully saturated rings. The minimum absolute atomic E-state index is 0.0493. The average molecular weight is 473 g/mol. The number of hydrogen-bond donors (Lipinski definition) is 1. The number of ether oxygens (including phenoxy) is 1. The van der Waals surface area contributed by atoms with Crippen molar-refractivity contribution in [3.05, 3.63) is 64.9 Å². The lowest BCUT2D eigenvalue weighted by Crippen LogP contribution is -2.58. The zero-order valence-corrected chi connectivity index (χ0v) is 19.6. The van der Waals surface area contributed by atoms with Crippen LogP contribution in [0, 0.1) is 11.1 Å². The van der Waals surface area contributed by atoms with Crippen LogP contribution in [0.15, 0.2) is 53.4 Å². The zero-order chi connectivity index (χ0) is 23.6. The molecule has 2 aromatic rings. The summed E-state index contributed by atoms with van der Waals surface area (Å²) in [6.45, 7) is 1.88. The van der Waals surface area contributed by atoms with Gasteiger partial charge in [-0.05, 0) is 49.8 Å². The fourth-order valence-electron chi connectivity index (χ4n) is 5.44. The molecule has 1 saturated carbocycles. The third-order valence-corrected chi connectivity index (χ3v) is 9.47. The maximum absolute atomic E-state index is 14.4. The Bertz CT molecular complexity index is 1110. The molecule has 1 N–H and O–H groups in total. The fraction of sp³-hybridized carbons (Fsp3) is 0.480. The molecular formula is C25H30NO6S-. The van der Waals surface area contributed by atoms with Gasteiger partial charge in [0.2, 0.25) is 9.84 Å². The Balaban J connectivity index is 1.90. The predicted molar refractivity (Wildman–Crippen MR) is 124 cm³/mol. The number of sulfone groups is 1. The van der Waals surface area contributed by atoms with Gasteiger partial charge >= 0.3 is 5.97 Å². The molecule has 1 aliphatic carbocycles. The Kier molecular flexibility index (Phi) is 6.79. The van der Waals surface area contributed by atoms with Crippen LogP contribution >= 0.6 is 0 Å². The van der Waals surface area contributed by atoms with E-state index < -0.39 is 26.7 Å². The van der Waals surface area contributed by atoms with Crippen molar-refractivity contribution in [1.29, 1.82) is 0 Å². The first-order valence-electron chi connectivity index (χ1n) is 11.6. The first-order chi connectivity index (χ1) is 15.8. The summed E-state index contributed by atoms with van der Waals surface area (Å²) in [6, 6.07) is 13.0. The predicted octanol–water partition coefficient (Wildman–Crippen LogP) is 5.01. The summed E-state index contributed by atoms with van der Waals surface area (Å²) in [4.78, 5) is 9.28. The molecular weight excluding hydrogens is 442 g/mol. The Morgan fingerprint density at radius 1 is 1.12 bits per heavy atom. The van der Waals surface area contributed by atoms with Crippen LogP contribution in [0.1, 0.15) is 69.0 Å². The quantitative estimate of drug-likeness (QED) is 0.564. The number of hydroxylamine groups is 2. The summed E-state index contributed by atoms with van der Waals surface area (Å²) >= 11 is 0. The smallest absolute Gasteiger partial charge is 0.303 e. The van der Waals surface area contributed by atoms with E-state index in [-0.39, 0.29) is 30.3 Å². The van der Waals surface area contributed by atoms with E-state index in [4.69, 9.17) is 9.84 Å². The summed E-state index contributed by atoms with van der Waals surface area (Å²) in [6.07, 6.45) is 4.27. The lowest BCUT2D eigenvalue weighted by Gasteiger charge is -2.58. The second-order valence-corrected chi connectivity index (χ2v) is 11.0. The highest BCUT2D eigenvalue weighted by molar-refractivity contribution is 7.92. The SMILES string of the molecule is CC1c2ccccc2S(=O)(=O)C(c2ccccc2OCCCC(=O)O)(C2CCCCC2)N1[O-]. The molecule has 0 spiro atoms. The molecule has 0 radical (unpaired) electrons. The Morgan fingerprint density at radius 2 is 1.79 bits per heavy atom. The van der Waals surface area contributed by atoms with Crippen molar-refractivity contribution in [2.75, 3.05) is 6.61 Å². The van der Waals surface area contributed by atoms with Crippen LogP contribution in [0.2, 0.25) is 0 Å². The first-order valence-corrected chi connectivity index (χ1v) is 13.0. The number of nitrogens with zero attached hydrogens (tertiary/aromatic N) is 1. The standard InChI is InChI=1S/C25H30NO6S/c1-18-20-12-5-8-15-23(20)33(30,31)25(26(18)29,19-10-3-2-4-11-19)21-13-6-7-14-22(21)32-17-9-16-24(27)28/h5-8,12-15,18-19H,2-4,9-11,16-17H2,1H3,(H,27,28)/q-1. The minimum Gasteiger partial charge on any atom is -0.783 e. The highest BCUT2D eigenvalue weighted by atomic mass is 32.2. The summed E-state index contributed by atoms with van der Waals surface area (Å²) in [5, 5.41) is 23.8. The second kappa shape index (κ2) is 9.44. The Morgan fingerprint density at radius 3 is 2.52 bits per heavy atom. The number of rotatable bonds is 7. The third-order valence-electron chi connectivity index (χ3n) is 6.97. The van der Waals surface area contributed by atoms with Gasteiger partial charge < -0.3 is 20.1 Å². The number of carbonyl (C=O) groups is 1. The largest absolute Gasteiger partial charge is 0.783 e. The lowest BCUT2D eigenvalue weighted by molar-refractivity contribution is -0.137. The molecule has 2 aromatic carbocycles. The van der Waals surface area contributed by atoms with Crippen LogP contribution in [-0.2, 0) is 19.5 Å².